The van der Waals surface area contributed by atoms with Gasteiger partial charge in [0.1, 0.15) is 24.2 Å². The molecule has 1 heterocycles. The molecule has 104 valence electrons. The van der Waals surface area contributed by atoms with Crippen LogP contribution in [0.25, 0.3) is 0 Å². The summed E-state index contributed by atoms with van der Waals surface area (Å²) in [6.07, 6.45) is 1.31. The van der Waals surface area contributed by atoms with E-state index in [1.807, 2.05) is 0 Å². The van der Waals surface area contributed by atoms with E-state index in [0.29, 0.717) is 5.69 Å². The van der Waals surface area contributed by atoms with Crippen molar-refractivity contribution in [2.24, 2.45) is 0 Å². The van der Waals surface area contributed by atoms with Crippen molar-refractivity contribution in [2.75, 3.05) is 12.4 Å². The third-order valence-corrected chi connectivity index (χ3v) is 2.41. The van der Waals surface area contributed by atoms with Gasteiger partial charge in [0.05, 0.1) is 7.11 Å². The number of anilines is 1. The van der Waals surface area contributed by atoms with E-state index >= 15 is 0 Å². The van der Waals surface area contributed by atoms with Gasteiger partial charge in [0, 0.05) is 11.8 Å². The number of carboxylic acid groups (broad SMARTS) is 1. The zero-order valence-electron chi connectivity index (χ0n) is 10.5. The molecule has 1 aromatic carbocycles. The predicted molar refractivity (Wildman–Crippen MR) is 66.4 cm³/mol. The van der Waals surface area contributed by atoms with Gasteiger partial charge in [0.25, 0.3) is 0 Å². The number of aromatic carboxylic acids is 1. The summed E-state index contributed by atoms with van der Waals surface area (Å²) in [5, 5.41) is 21.9. The molecule has 0 radical (unpaired) electrons. The fourth-order valence-corrected chi connectivity index (χ4v) is 1.55. The number of amides is 1. The van der Waals surface area contributed by atoms with Crippen LogP contribution in [0.15, 0.2) is 24.5 Å². The number of tetrazole rings is 1. The molecule has 20 heavy (non-hydrogen) atoms. The Labute approximate surface area is 113 Å². The molecule has 0 aliphatic rings. The van der Waals surface area contributed by atoms with Gasteiger partial charge in [-0.05, 0) is 22.6 Å². The Hall–Kier alpha value is -2.97. The van der Waals surface area contributed by atoms with E-state index in [1.54, 1.807) is 0 Å². The summed E-state index contributed by atoms with van der Waals surface area (Å²) in [6.45, 7) is -0.0456. The van der Waals surface area contributed by atoms with Crippen LogP contribution in [0.5, 0.6) is 5.75 Å². The number of carbonyl (C=O) groups excluding carboxylic acids is 1. The van der Waals surface area contributed by atoms with E-state index in [4.69, 9.17) is 9.84 Å². The van der Waals surface area contributed by atoms with Gasteiger partial charge >= 0.3 is 5.97 Å². The third kappa shape index (κ3) is 3.07. The van der Waals surface area contributed by atoms with Crippen LogP contribution < -0.4 is 10.1 Å². The normalized spacial score (nSPS) is 10.1. The van der Waals surface area contributed by atoms with Crippen LogP contribution in [-0.4, -0.2) is 44.3 Å². The van der Waals surface area contributed by atoms with Gasteiger partial charge in [0.15, 0.2) is 0 Å². The molecule has 1 amide bonds. The van der Waals surface area contributed by atoms with Crippen LogP contribution in [0.3, 0.4) is 0 Å². The van der Waals surface area contributed by atoms with Crippen LogP contribution in [0.4, 0.5) is 5.69 Å². The number of nitrogens with one attached hydrogen (secondary N) is 1. The molecule has 0 unspecified atom stereocenters. The maximum atomic E-state index is 11.7. The Balaban J connectivity index is 2.09. The highest BCUT2D eigenvalue weighted by molar-refractivity contribution is 5.94. The summed E-state index contributed by atoms with van der Waals surface area (Å²) in [5.41, 5.74) is 0.441. The molecule has 0 saturated carbocycles. The fourth-order valence-electron chi connectivity index (χ4n) is 1.55. The van der Waals surface area contributed by atoms with E-state index < -0.39 is 5.97 Å². The van der Waals surface area contributed by atoms with Gasteiger partial charge in [-0.15, -0.1) is 5.10 Å². The van der Waals surface area contributed by atoms with Gasteiger partial charge < -0.3 is 15.2 Å². The zero-order valence-corrected chi connectivity index (χ0v) is 10.5. The number of ether oxygens (including phenoxy) is 1. The molecule has 0 fully saturated rings. The number of rotatable bonds is 5. The average Bonchev–Trinajstić information content (AvgIpc) is 2.90. The Morgan fingerprint density at radius 3 is 2.85 bits per heavy atom. The lowest BCUT2D eigenvalue weighted by Gasteiger charge is -2.09. The first-order valence-electron chi connectivity index (χ1n) is 5.52. The SMILES string of the molecule is COc1cc(NC(=O)Cn2cnnn2)ccc1C(=O)O. The highest BCUT2D eigenvalue weighted by Crippen LogP contribution is 2.23. The van der Waals surface area contributed by atoms with Gasteiger partial charge in [-0.1, -0.05) is 0 Å². The molecule has 2 N–H and O–H groups in total. The molecular formula is C11H11N5O4. The Bertz CT molecular complexity index is 626. The molecule has 1 aromatic heterocycles. The number of hydrogen-bond acceptors (Lipinski definition) is 6. The highest BCUT2D eigenvalue weighted by Gasteiger charge is 2.12. The first-order chi connectivity index (χ1) is 9.60. The summed E-state index contributed by atoms with van der Waals surface area (Å²) >= 11 is 0. The first-order valence-corrected chi connectivity index (χ1v) is 5.52. The lowest BCUT2D eigenvalue weighted by molar-refractivity contribution is -0.116. The minimum atomic E-state index is -1.10. The second-order valence-corrected chi connectivity index (χ2v) is 3.78. The Morgan fingerprint density at radius 2 is 2.25 bits per heavy atom. The number of aromatic nitrogens is 4. The van der Waals surface area contributed by atoms with Crippen LogP contribution >= 0.6 is 0 Å². The summed E-state index contributed by atoms with van der Waals surface area (Å²) < 4.78 is 6.23. The van der Waals surface area contributed by atoms with E-state index in [1.165, 1.54) is 36.3 Å². The van der Waals surface area contributed by atoms with Crippen molar-refractivity contribution < 1.29 is 19.4 Å². The number of carbonyl (C=O) groups is 2. The zero-order chi connectivity index (χ0) is 14.5. The lowest BCUT2D eigenvalue weighted by Crippen LogP contribution is -2.19. The monoisotopic (exact) mass is 277 g/mol. The minimum Gasteiger partial charge on any atom is -0.496 e. The first kappa shape index (κ1) is 13.5. The molecule has 0 atom stereocenters. The van der Waals surface area contributed by atoms with Crippen molar-refractivity contribution in [3.05, 3.63) is 30.1 Å². The summed E-state index contributed by atoms with van der Waals surface area (Å²) in [7, 11) is 1.36. The number of methoxy groups -OCH3 is 1. The van der Waals surface area contributed by atoms with Gasteiger partial charge in [-0.25, -0.2) is 9.48 Å². The molecule has 0 aliphatic carbocycles. The standard InChI is InChI=1S/C11H11N5O4/c1-20-9-4-7(2-3-8(9)11(18)19)13-10(17)5-16-6-12-14-15-16/h2-4,6H,5H2,1H3,(H,13,17)(H,18,19). The minimum absolute atomic E-state index is 0.0194. The maximum Gasteiger partial charge on any atom is 0.339 e. The molecule has 0 bridgehead atoms. The Kier molecular flexibility index (Phi) is 3.89. The van der Waals surface area contributed by atoms with Gasteiger partial charge in [0.2, 0.25) is 5.91 Å². The Morgan fingerprint density at radius 1 is 1.45 bits per heavy atom. The van der Waals surface area contributed by atoms with E-state index in [9.17, 15) is 9.59 Å². The van der Waals surface area contributed by atoms with Crippen molar-refractivity contribution in [2.45, 2.75) is 6.54 Å². The average molecular weight is 277 g/mol. The van der Waals surface area contributed by atoms with Crippen molar-refractivity contribution in [3.8, 4) is 5.75 Å². The molecule has 2 rings (SSSR count). The van der Waals surface area contributed by atoms with Crippen molar-refractivity contribution in [1.29, 1.82) is 0 Å². The molecule has 0 saturated heterocycles. The van der Waals surface area contributed by atoms with Crippen LogP contribution in [-0.2, 0) is 11.3 Å². The quantitative estimate of drug-likeness (QED) is 0.790. The molecule has 9 heteroatoms. The van der Waals surface area contributed by atoms with Crippen molar-refractivity contribution in [1.82, 2.24) is 20.2 Å². The summed E-state index contributed by atoms with van der Waals surface area (Å²) in [4.78, 5) is 22.6. The largest absolute Gasteiger partial charge is 0.496 e. The number of hydrogen-bond donors (Lipinski definition) is 2. The second-order valence-electron chi connectivity index (χ2n) is 3.78. The van der Waals surface area contributed by atoms with Crippen LogP contribution in [0.1, 0.15) is 10.4 Å². The topological polar surface area (TPSA) is 119 Å². The maximum absolute atomic E-state index is 11.7. The number of carboxylic acids is 1. The van der Waals surface area contributed by atoms with E-state index in [0.717, 1.165) is 0 Å². The fraction of sp³-hybridized carbons (Fsp3) is 0.182. The van der Waals surface area contributed by atoms with Crippen molar-refractivity contribution in [3.63, 3.8) is 0 Å². The molecular weight excluding hydrogens is 266 g/mol. The number of benzene rings is 1. The molecule has 9 nitrogen and oxygen atoms in total. The van der Waals surface area contributed by atoms with E-state index in [2.05, 4.69) is 20.8 Å². The lowest BCUT2D eigenvalue weighted by atomic mass is 10.2. The summed E-state index contributed by atoms with van der Waals surface area (Å²) in [6, 6.07) is 4.26. The highest BCUT2D eigenvalue weighted by atomic mass is 16.5. The third-order valence-electron chi connectivity index (χ3n) is 2.41. The summed E-state index contributed by atoms with van der Waals surface area (Å²) in [5.74, 6) is -1.28. The predicted octanol–water partition coefficient (Wildman–Crippen LogP) is 0.0186. The number of nitrogens with zero attached hydrogens (tertiary/aromatic N) is 4. The molecule has 0 aliphatic heterocycles. The van der Waals surface area contributed by atoms with Gasteiger partial charge in [-0.3, -0.25) is 4.79 Å². The smallest absolute Gasteiger partial charge is 0.339 e. The van der Waals surface area contributed by atoms with Crippen molar-refractivity contribution >= 4 is 17.6 Å². The second kappa shape index (κ2) is 5.78. The van der Waals surface area contributed by atoms with E-state index in [-0.39, 0.29) is 23.8 Å². The molecule has 2 aromatic rings. The van der Waals surface area contributed by atoms with Gasteiger partial charge in [-0.2, -0.15) is 0 Å². The van der Waals surface area contributed by atoms with Crippen LogP contribution in [0.2, 0.25) is 0 Å². The van der Waals surface area contributed by atoms with Crippen LogP contribution in [0, 0.1) is 0 Å². The molecule has 0 spiro atoms.